The van der Waals surface area contributed by atoms with Gasteiger partial charge < -0.3 is 9.47 Å². The first-order chi connectivity index (χ1) is 12.6. The fourth-order valence-corrected chi connectivity index (χ4v) is 2.74. The molecule has 2 aromatic rings. The van der Waals surface area contributed by atoms with Crippen molar-refractivity contribution in [3.05, 3.63) is 54.1 Å². The highest BCUT2D eigenvalue weighted by Gasteiger charge is 2.08. The van der Waals surface area contributed by atoms with Gasteiger partial charge in [-0.2, -0.15) is 0 Å². The van der Waals surface area contributed by atoms with Crippen molar-refractivity contribution in [1.82, 2.24) is 0 Å². The Bertz CT molecular complexity index is 659. The number of unbranched alkanes of at least 4 members (excludes halogenated alkanes) is 2. The summed E-state index contributed by atoms with van der Waals surface area (Å²) in [5.41, 5.74) is 3.78. The van der Waals surface area contributed by atoms with Gasteiger partial charge in [-0.05, 0) is 48.6 Å². The standard InChI is InChI=1S/C23H30O3/c1-4-6-7-8-19-9-11-20(12-10-19)21-13-15-22(16-14-21)25-17-18(3)26-23(24)5-2/h9-16,18H,4-8,17H2,1-3H3. The highest BCUT2D eigenvalue weighted by molar-refractivity contribution is 5.69. The molecule has 0 N–H and O–H groups in total. The fraction of sp³-hybridized carbons (Fsp3) is 0.435. The minimum absolute atomic E-state index is 0.199. The van der Waals surface area contributed by atoms with Crippen LogP contribution in [0.3, 0.4) is 0 Å². The van der Waals surface area contributed by atoms with E-state index in [1.807, 2.05) is 19.1 Å². The van der Waals surface area contributed by atoms with E-state index >= 15 is 0 Å². The molecule has 0 radical (unpaired) electrons. The second-order valence-corrected chi connectivity index (χ2v) is 6.64. The topological polar surface area (TPSA) is 35.5 Å². The van der Waals surface area contributed by atoms with Gasteiger partial charge in [0.25, 0.3) is 0 Å². The highest BCUT2D eigenvalue weighted by atomic mass is 16.6. The largest absolute Gasteiger partial charge is 0.490 e. The molecule has 0 aliphatic heterocycles. The maximum Gasteiger partial charge on any atom is 0.305 e. The predicted molar refractivity (Wildman–Crippen MR) is 106 cm³/mol. The summed E-state index contributed by atoms with van der Waals surface area (Å²) in [7, 11) is 0. The van der Waals surface area contributed by atoms with Gasteiger partial charge in [-0.3, -0.25) is 4.79 Å². The summed E-state index contributed by atoms with van der Waals surface area (Å²) >= 11 is 0. The van der Waals surface area contributed by atoms with Gasteiger partial charge in [0.2, 0.25) is 0 Å². The molecule has 0 aliphatic rings. The van der Waals surface area contributed by atoms with Crippen LogP contribution in [-0.2, 0) is 16.0 Å². The van der Waals surface area contributed by atoms with Crippen molar-refractivity contribution < 1.29 is 14.3 Å². The Hall–Kier alpha value is -2.29. The van der Waals surface area contributed by atoms with Crippen LogP contribution in [0.1, 0.15) is 52.0 Å². The maximum absolute atomic E-state index is 11.3. The van der Waals surface area contributed by atoms with E-state index in [-0.39, 0.29) is 12.1 Å². The molecule has 2 aromatic carbocycles. The van der Waals surface area contributed by atoms with Crippen LogP contribution < -0.4 is 4.74 Å². The number of rotatable bonds is 10. The lowest BCUT2D eigenvalue weighted by molar-refractivity contribution is -0.149. The predicted octanol–water partition coefficient (Wildman–Crippen LogP) is 5.81. The van der Waals surface area contributed by atoms with E-state index in [4.69, 9.17) is 9.47 Å². The zero-order valence-corrected chi connectivity index (χ0v) is 16.2. The Balaban J connectivity index is 1.87. The van der Waals surface area contributed by atoms with Crippen molar-refractivity contribution >= 4 is 5.97 Å². The zero-order chi connectivity index (χ0) is 18.8. The second kappa shape index (κ2) is 10.6. The molecule has 0 saturated heterocycles. The summed E-state index contributed by atoms with van der Waals surface area (Å²) in [5.74, 6) is 0.582. The van der Waals surface area contributed by atoms with E-state index in [9.17, 15) is 4.79 Å². The molecular formula is C23H30O3. The van der Waals surface area contributed by atoms with Crippen LogP contribution in [0.25, 0.3) is 11.1 Å². The SMILES string of the molecule is CCCCCc1ccc(-c2ccc(OCC(C)OC(=O)CC)cc2)cc1. The first-order valence-electron chi connectivity index (χ1n) is 9.64. The molecule has 0 aliphatic carbocycles. The molecule has 1 atom stereocenters. The lowest BCUT2D eigenvalue weighted by Gasteiger charge is -2.14. The minimum Gasteiger partial charge on any atom is -0.490 e. The second-order valence-electron chi connectivity index (χ2n) is 6.64. The minimum atomic E-state index is -0.248. The summed E-state index contributed by atoms with van der Waals surface area (Å²) in [6, 6.07) is 16.8. The molecule has 2 rings (SSSR count). The van der Waals surface area contributed by atoms with Gasteiger partial charge in [-0.15, -0.1) is 0 Å². The van der Waals surface area contributed by atoms with E-state index in [1.165, 1.54) is 36.0 Å². The molecule has 0 saturated carbocycles. The number of carbonyl (C=O) groups is 1. The molecule has 26 heavy (non-hydrogen) atoms. The lowest BCUT2D eigenvalue weighted by atomic mass is 10.0. The quantitative estimate of drug-likeness (QED) is 0.399. The molecule has 3 heteroatoms. The third kappa shape index (κ3) is 6.55. The third-order valence-corrected chi connectivity index (χ3v) is 4.32. The summed E-state index contributed by atoms with van der Waals surface area (Å²) in [5, 5.41) is 0. The van der Waals surface area contributed by atoms with E-state index < -0.39 is 0 Å². The number of benzene rings is 2. The van der Waals surface area contributed by atoms with Crippen LogP contribution in [-0.4, -0.2) is 18.7 Å². The number of ether oxygens (including phenoxy) is 2. The fourth-order valence-electron chi connectivity index (χ4n) is 2.74. The number of hydrogen-bond donors (Lipinski definition) is 0. The Morgan fingerprint density at radius 1 is 0.923 bits per heavy atom. The zero-order valence-electron chi connectivity index (χ0n) is 16.2. The Labute approximate surface area is 157 Å². The van der Waals surface area contributed by atoms with Crippen LogP contribution in [0.15, 0.2) is 48.5 Å². The van der Waals surface area contributed by atoms with E-state index in [0.717, 1.165) is 12.2 Å². The summed E-state index contributed by atoms with van der Waals surface area (Å²) in [6.45, 7) is 6.21. The molecule has 0 amide bonds. The first-order valence-corrected chi connectivity index (χ1v) is 9.64. The smallest absolute Gasteiger partial charge is 0.305 e. The summed E-state index contributed by atoms with van der Waals surface area (Å²) < 4.78 is 10.9. The molecule has 3 nitrogen and oxygen atoms in total. The van der Waals surface area contributed by atoms with Crippen molar-refractivity contribution in [2.24, 2.45) is 0 Å². The van der Waals surface area contributed by atoms with Gasteiger partial charge in [-0.25, -0.2) is 0 Å². The molecule has 0 spiro atoms. The molecule has 0 aromatic heterocycles. The van der Waals surface area contributed by atoms with Crippen molar-refractivity contribution in [3.8, 4) is 16.9 Å². The van der Waals surface area contributed by atoms with E-state index in [0.29, 0.717) is 13.0 Å². The monoisotopic (exact) mass is 354 g/mol. The van der Waals surface area contributed by atoms with Crippen molar-refractivity contribution in [1.29, 1.82) is 0 Å². The Morgan fingerprint density at radius 3 is 2.12 bits per heavy atom. The number of aryl methyl sites for hydroxylation is 1. The van der Waals surface area contributed by atoms with Crippen LogP contribution in [0, 0.1) is 0 Å². The molecule has 1 unspecified atom stereocenters. The highest BCUT2D eigenvalue weighted by Crippen LogP contribution is 2.23. The average Bonchev–Trinajstić information content (AvgIpc) is 2.67. The normalized spacial score (nSPS) is 11.8. The third-order valence-electron chi connectivity index (χ3n) is 4.32. The lowest BCUT2D eigenvalue weighted by Crippen LogP contribution is -2.21. The number of hydrogen-bond acceptors (Lipinski definition) is 3. The van der Waals surface area contributed by atoms with Gasteiger partial charge in [0.1, 0.15) is 18.5 Å². The van der Waals surface area contributed by atoms with Crippen molar-refractivity contribution in [2.75, 3.05) is 6.61 Å². The summed E-state index contributed by atoms with van der Waals surface area (Å²) in [4.78, 5) is 11.3. The van der Waals surface area contributed by atoms with Gasteiger partial charge >= 0.3 is 5.97 Å². The van der Waals surface area contributed by atoms with Gasteiger partial charge in [-0.1, -0.05) is 63.1 Å². The van der Waals surface area contributed by atoms with E-state index in [1.54, 1.807) is 6.92 Å². The molecule has 0 heterocycles. The number of esters is 1. The van der Waals surface area contributed by atoms with Crippen molar-refractivity contribution in [2.45, 2.75) is 59.0 Å². The molecule has 140 valence electrons. The summed E-state index contributed by atoms with van der Waals surface area (Å²) in [6.07, 6.45) is 5.10. The van der Waals surface area contributed by atoms with Gasteiger partial charge in [0, 0.05) is 6.42 Å². The van der Waals surface area contributed by atoms with Crippen LogP contribution in [0.5, 0.6) is 5.75 Å². The van der Waals surface area contributed by atoms with Crippen LogP contribution >= 0.6 is 0 Å². The van der Waals surface area contributed by atoms with Crippen LogP contribution in [0.4, 0.5) is 0 Å². The number of carbonyl (C=O) groups excluding carboxylic acids is 1. The average molecular weight is 354 g/mol. The van der Waals surface area contributed by atoms with Gasteiger partial charge in [0.05, 0.1) is 0 Å². The molecule has 0 bridgehead atoms. The molecular weight excluding hydrogens is 324 g/mol. The Kier molecular flexibility index (Phi) is 8.20. The molecule has 0 fully saturated rings. The first kappa shape index (κ1) is 20.0. The van der Waals surface area contributed by atoms with Crippen LogP contribution in [0.2, 0.25) is 0 Å². The van der Waals surface area contributed by atoms with Gasteiger partial charge in [0.15, 0.2) is 0 Å². The van der Waals surface area contributed by atoms with Crippen molar-refractivity contribution in [3.63, 3.8) is 0 Å². The Morgan fingerprint density at radius 2 is 1.54 bits per heavy atom. The van der Waals surface area contributed by atoms with E-state index in [2.05, 4.69) is 43.3 Å². The maximum atomic E-state index is 11.3.